The molecular formula is C29H34N2O7. The van der Waals surface area contributed by atoms with Crippen molar-refractivity contribution in [2.75, 3.05) is 33.4 Å². The number of para-hydroxylation sites is 1. The largest absolute Gasteiger partial charge is 0.497 e. The van der Waals surface area contributed by atoms with Gasteiger partial charge in [0.1, 0.15) is 29.8 Å². The summed E-state index contributed by atoms with van der Waals surface area (Å²) < 4.78 is 17.2. The van der Waals surface area contributed by atoms with Gasteiger partial charge in [0.15, 0.2) is 0 Å². The van der Waals surface area contributed by atoms with Gasteiger partial charge >= 0.3 is 0 Å². The molecular weight excluding hydrogens is 488 g/mol. The Kier molecular flexibility index (Phi) is 7.97. The van der Waals surface area contributed by atoms with Gasteiger partial charge in [-0.2, -0.15) is 0 Å². The van der Waals surface area contributed by atoms with Crippen LogP contribution in [0.4, 0.5) is 0 Å². The van der Waals surface area contributed by atoms with Crippen LogP contribution < -0.4 is 14.8 Å². The maximum atomic E-state index is 13.8. The SMILES string of the molecule is COc1cccc(CCN(C(=O)C2CCCO2)C2C=C(C(=O)NCCO)C3c4ccccc4OC3C2O)c1. The maximum absolute atomic E-state index is 13.8. The van der Waals surface area contributed by atoms with Gasteiger partial charge in [-0.15, -0.1) is 0 Å². The summed E-state index contributed by atoms with van der Waals surface area (Å²) in [5.41, 5.74) is 2.20. The van der Waals surface area contributed by atoms with Crippen molar-refractivity contribution in [2.45, 2.75) is 49.5 Å². The number of methoxy groups -OCH3 is 1. The number of fused-ring (bicyclic) bond motifs is 3. The Morgan fingerprint density at radius 3 is 2.79 bits per heavy atom. The molecule has 9 nitrogen and oxygen atoms in total. The predicted molar refractivity (Wildman–Crippen MR) is 139 cm³/mol. The van der Waals surface area contributed by atoms with Crippen molar-refractivity contribution in [1.29, 1.82) is 0 Å². The number of hydrogen-bond donors (Lipinski definition) is 3. The van der Waals surface area contributed by atoms with Crippen LogP contribution in [0.5, 0.6) is 11.5 Å². The average molecular weight is 523 g/mol. The molecule has 9 heteroatoms. The lowest BCUT2D eigenvalue weighted by atomic mass is 9.77. The number of nitrogens with zero attached hydrogens (tertiary/aromatic N) is 1. The van der Waals surface area contributed by atoms with Crippen LogP contribution in [-0.2, 0) is 20.7 Å². The van der Waals surface area contributed by atoms with Crippen LogP contribution in [0, 0.1) is 0 Å². The normalized spacial score (nSPS) is 25.6. The second-order valence-electron chi connectivity index (χ2n) is 9.82. The van der Waals surface area contributed by atoms with Gasteiger partial charge in [-0.25, -0.2) is 0 Å². The van der Waals surface area contributed by atoms with Gasteiger partial charge in [0.05, 0.1) is 25.7 Å². The molecule has 0 radical (unpaired) electrons. The van der Waals surface area contributed by atoms with Gasteiger partial charge in [-0.1, -0.05) is 30.3 Å². The lowest BCUT2D eigenvalue weighted by Gasteiger charge is -2.41. The highest BCUT2D eigenvalue weighted by molar-refractivity contribution is 5.96. The van der Waals surface area contributed by atoms with E-state index >= 15 is 0 Å². The third-order valence-corrected chi connectivity index (χ3v) is 7.50. The zero-order chi connectivity index (χ0) is 26.6. The Bertz CT molecular complexity index is 1190. The summed E-state index contributed by atoms with van der Waals surface area (Å²) in [7, 11) is 1.61. The van der Waals surface area contributed by atoms with Crippen LogP contribution in [0.15, 0.2) is 60.2 Å². The van der Waals surface area contributed by atoms with E-state index in [1.165, 1.54) is 0 Å². The number of benzene rings is 2. The molecule has 2 aromatic carbocycles. The van der Waals surface area contributed by atoms with Crippen LogP contribution in [-0.4, -0.2) is 84.7 Å². The average Bonchev–Trinajstić information content (AvgIpc) is 3.62. The van der Waals surface area contributed by atoms with E-state index in [0.717, 1.165) is 23.3 Å². The number of aliphatic hydroxyl groups excluding tert-OH is 2. The lowest BCUT2D eigenvalue weighted by Crippen LogP contribution is -2.57. The van der Waals surface area contributed by atoms with E-state index in [9.17, 15) is 19.8 Å². The molecule has 2 aliphatic heterocycles. The maximum Gasteiger partial charge on any atom is 0.252 e. The summed E-state index contributed by atoms with van der Waals surface area (Å²) in [6.45, 7) is 0.717. The zero-order valence-corrected chi connectivity index (χ0v) is 21.4. The highest BCUT2D eigenvalue weighted by atomic mass is 16.5. The van der Waals surface area contributed by atoms with E-state index in [2.05, 4.69) is 5.32 Å². The molecule has 1 fully saturated rings. The topological polar surface area (TPSA) is 118 Å². The number of hydrogen-bond acceptors (Lipinski definition) is 7. The standard InChI is InChI=1S/C29H34N2O7/c1-36-19-7-4-6-18(16-19)11-13-31(29(35)24-10-5-15-37-24)22-17-21(28(34)30-12-14-32)25-20-8-2-3-9-23(20)38-27(25)26(22)33/h2-4,6-9,16-17,22,24-27,32-33H,5,10-15H2,1H3,(H,30,34). The first-order valence-electron chi connectivity index (χ1n) is 13.1. The molecule has 5 unspecified atom stereocenters. The minimum atomic E-state index is -1.07. The second kappa shape index (κ2) is 11.6. The number of amides is 2. The van der Waals surface area contributed by atoms with Crippen LogP contribution in [0.3, 0.4) is 0 Å². The molecule has 0 aromatic heterocycles. The molecule has 3 aliphatic rings. The Labute approximate surface area is 222 Å². The first kappa shape index (κ1) is 26.2. The quantitative estimate of drug-likeness (QED) is 0.458. The third kappa shape index (κ3) is 5.14. The van der Waals surface area contributed by atoms with Crippen molar-refractivity contribution in [3.8, 4) is 11.5 Å². The van der Waals surface area contributed by atoms with E-state index in [0.29, 0.717) is 37.3 Å². The summed E-state index contributed by atoms with van der Waals surface area (Å²) in [5.74, 6) is 0.267. The molecule has 0 bridgehead atoms. The molecule has 202 valence electrons. The molecule has 2 amide bonds. The number of carbonyl (C=O) groups excluding carboxylic acids is 2. The van der Waals surface area contributed by atoms with E-state index < -0.39 is 30.3 Å². The molecule has 38 heavy (non-hydrogen) atoms. The monoisotopic (exact) mass is 522 g/mol. The van der Waals surface area contributed by atoms with Crippen molar-refractivity contribution in [3.05, 3.63) is 71.3 Å². The smallest absolute Gasteiger partial charge is 0.252 e. The Morgan fingerprint density at radius 1 is 1.18 bits per heavy atom. The van der Waals surface area contributed by atoms with Crippen molar-refractivity contribution < 1.29 is 34.0 Å². The molecule has 2 heterocycles. The molecule has 5 atom stereocenters. The summed E-state index contributed by atoms with van der Waals surface area (Å²) in [6.07, 6.45) is 1.22. The molecule has 1 saturated heterocycles. The van der Waals surface area contributed by atoms with Gasteiger partial charge in [0.25, 0.3) is 5.91 Å². The van der Waals surface area contributed by atoms with E-state index in [1.54, 1.807) is 18.1 Å². The summed E-state index contributed by atoms with van der Waals surface area (Å²) in [6, 6.07) is 14.3. The molecule has 0 spiro atoms. The van der Waals surface area contributed by atoms with Gasteiger partial charge in [0.2, 0.25) is 5.91 Å². The number of nitrogens with one attached hydrogen (secondary N) is 1. The molecule has 3 N–H and O–H groups in total. The van der Waals surface area contributed by atoms with Gasteiger partial charge in [-0.3, -0.25) is 9.59 Å². The number of rotatable bonds is 9. The summed E-state index contributed by atoms with van der Waals surface area (Å²) in [5, 5.41) is 23.6. The molecule has 1 aliphatic carbocycles. The highest BCUT2D eigenvalue weighted by Gasteiger charge is 2.50. The lowest BCUT2D eigenvalue weighted by molar-refractivity contribution is -0.146. The summed E-state index contributed by atoms with van der Waals surface area (Å²) in [4.78, 5) is 28.7. The second-order valence-corrected chi connectivity index (χ2v) is 9.82. The van der Waals surface area contributed by atoms with Crippen LogP contribution in [0.1, 0.15) is 29.9 Å². The van der Waals surface area contributed by atoms with Gasteiger partial charge < -0.3 is 34.6 Å². The Morgan fingerprint density at radius 2 is 2.03 bits per heavy atom. The van der Waals surface area contributed by atoms with Crippen molar-refractivity contribution >= 4 is 11.8 Å². The molecule has 0 saturated carbocycles. The van der Waals surface area contributed by atoms with E-state index in [4.69, 9.17) is 14.2 Å². The Hall–Kier alpha value is -3.40. The fraction of sp³-hybridized carbons (Fsp3) is 0.448. The minimum Gasteiger partial charge on any atom is -0.497 e. The van der Waals surface area contributed by atoms with Crippen LogP contribution >= 0.6 is 0 Å². The fourth-order valence-corrected chi connectivity index (χ4v) is 5.63. The van der Waals surface area contributed by atoms with Crippen molar-refractivity contribution in [1.82, 2.24) is 10.2 Å². The van der Waals surface area contributed by atoms with E-state index in [-0.39, 0.29) is 25.0 Å². The number of ether oxygens (including phenoxy) is 3. The Balaban J connectivity index is 1.50. The number of carbonyl (C=O) groups is 2. The predicted octanol–water partition coefficient (Wildman–Crippen LogP) is 1.57. The van der Waals surface area contributed by atoms with Crippen LogP contribution in [0.2, 0.25) is 0 Å². The van der Waals surface area contributed by atoms with Crippen molar-refractivity contribution in [3.63, 3.8) is 0 Å². The third-order valence-electron chi connectivity index (χ3n) is 7.50. The minimum absolute atomic E-state index is 0.0949. The van der Waals surface area contributed by atoms with E-state index in [1.807, 2.05) is 48.5 Å². The molecule has 2 aromatic rings. The highest BCUT2D eigenvalue weighted by Crippen LogP contribution is 2.47. The number of aliphatic hydroxyl groups is 2. The summed E-state index contributed by atoms with van der Waals surface area (Å²) >= 11 is 0. The zero-order valence-electron chi connectivity index (χ0n) is 21.4. The van der Waals surface area contributed by atoms with Gasteiger partial charge in [0, 0.05) is 30.8 Å². The molecule has 5 rings (SSSR count). The first-order valence-corrected chi connectivity index (χ1v) is 13.1. The van der Waals surface area contributed by atoms with Gasteiger partial charge in [-0.05, 0) is 49.1 Å². The first-order chi connectivity index (χ1) is 18.5. The van der Waals surface area contributed by atoms with Crippen LogP contribution in [0.25, 0.3) is 0 Å². The fourth-order valence-electron chi connectivity index (χ4n) is 5.63. The van der Waals surface area contributed by atoms with Crippen molar-refractivity contribution in [2.24, 2.45) is 0 Å².